The molecule has 7 nitrogen and oxygen atoms in total. The molecule has 29 heavy (non-hydrogen) atoms. The molecule has 1 aliphatic heterocycles. The molecule has 0 amide bonds. The molecule has 0 bridgehead atoms. The summed E-state index contributed by atoms with van der Waals surface area (Å²) in [4.78, 5) is 16.1. The van der Waals surface area contributed by atoms with Crippen LogP contribution in [0.25, 0.3) is 0 Å². The molecule has 170 valence electrons. The van der Waals surface area contributed by atoms with E-state index in [4.69, 9.17) is 14.2 Å². The fraction of sp³-hybridized carbons (Fsp3) is 0.955. The average molecular weight is 415 g/mol. The molecule has 0 aromatic carbocycles. The van der Waals surface area contributed by atoms with Crippen LogP contribution >= 0.6 is 0 Å². The Hall–Kier alpha value is -0.730. The Bertz CT molecular complexity index is 435. The van der Waals surface area contributed by atoms with Gasteiger partial charge in [-0.05, 0) is 32.1 Å². The fourth-order valence-corrected chi connectivity index (χ4v) is 4.32. The summed E-state index contributed by atoms with van der Waals surface area (Å²) >= 11 is 0. The van der Waals surface area contributed by atoms with Crippen molar-refractivity contribution in [3.8, 4) is 0 Å². The lowest BCUT2D eigenvalue weighted by Crippen LogP contribution is -2.48. The van der Waals surface area contributed by atoms with E-state index < -0.39 is 0 Å². The maximum absolute atomic E-state index is 10.9. The number of hydrogen-bond donors (Lipinski definition) is 0. The third kappa shape index (κ3) is 9.75. The zero-order chi connectivity index (χ0) is 20.8. The smallest absolute Gasteiger partial charge is 0.331 e. The van der Waals surface area contributed by atoms with Crippen LogP contribution in [0.15, 0.2) is 0 Å². The number of nitrogens with zero attached hydrogens (tertiary/aromatic N) is 2. The number of hydrogen-bond acceptors (Lipinski definition) is 7. The van der Waals surface area contributed by atoms with Crippen LogP contribution in [0.4, 0.5) is 0 Å². The van der Waals surface area contributed by atoms with Crippen LogP contribution in [-0.4, -0.2) is 101 Å². The first-order chi connectivity index (χ1) is 14.2. The molecule has 1 saturated carbocycles. The van der Waals surface area contributed by atoms with Crippen LogP contribution in [0.2, 0.25) is 0 Å². The summed E-state index contributed by atoms with van der Waals surface area (Å²) in [5, 5.41) is 0. The summed E-state index contributed by atoms with van der Waals surface area (Å²) in [5.74, 6) is -0.335. The fourth-order valence-electron chi connectivity index (χ4n) is 4.32. The first kappa shape index (κ1) is 24.5. The standard InChI is InChI=1S/C22H42N2O5/c1-26-21(25)20-29-19-7-18-28-17-6-11-23-13-15-24(16-14-23)12-10-22(27-2)8-4-3-5-9-22/h3-20H2,1-2H3. The van der Waals surface area contributed by atoms with Crippen LogP contribution in [0.3, 0.4) is 0 Å². The van der Waals surface area contributed by atoms with E-state index in [9.17, 15) is 4.79 Å². The lowest BCUT2D eigenvalue weighted by Gasteiger charge is -2.40. The van der Waals surface area contributed by atoms with Gasteiger partial charge in [-0.3, -0.25) is 0 Å². The number of esters is 1. The zero-order valence-corrected chi connectivity index (χ0v) is 18.7. The molecule has 2 aliphatic rings. The van der Waals surface area contributed by atoms with E-state index in [1.54, 1.807) is 0 Å². The van der Waals surface area contributed by atoms with E-state index in [-0.39, 0.29) is 18.2 Å². The summed E-state index contributed by atoms with van der Waals surface area (Å²) < 4.78 is 21.3. The topological polar surface area (TPSA) is 60.5 Å². The molecule has 0 radical (unpaired) electrons. The highest BCUT2D eigenvalue weighted by atomic mass is 16.6. The van der Waals surface area contributed by atoms with Crippen molar-refractivity contribution in [2.24, 2.45) is 0 Å². The molecular formula is C22H42N2O5. The molecule has 7 heteroatoms. The Morgan fingerprint density at radius 1 is 0.828 bits per heavy atom. The van der Waals surface area contributed by atoms with Crippen molar-refractivity contribution < 1.29 is 23.7 Å². The van der Waals surface area contributed by atoms with Crippen LogP contribution in [-0.2, 0) is 23.7 Å². The Morgan fingerprint density at radius 3 is 2.10 bits per heavy atom. The highest BCUT2D eigenvalue weighted by Gasteiger charge is 2.32. The predicted octanol–water partition coefficient (Wildman–Crippen LogP) is 2.33. The number of ether oxygens (including phenoxy) is 4. The van der Waals surface area contributed by atoms with Crippen LogP contribution < -0.4 is 0 Å². The molecule has 0 unspecified atom stereocenters. The molecule has 1 saturated heterocycles. The second-order valence-corrected chi connectivity index (χ2v) is 8.33. The van der Waals surface area contributed by atoms with Gasteiger partial charge in [0.05, 0.1) is 12.7 Å². The van der Waals surface area contributed by atoms with Gasteiger partial charge in [0, 0.05) is 66.2 Å². The lowest BCUT2D eigenvalue weighted by molar-refractivity contribution is -0.146. The molecule has 0 spiro atoms. The van der Waals surface area contributed by atoms with Gasteiger partial charge in [0.1, 0.15) is 6.61 Å². The minimum Gasteiger partial charge on any atom is -0.467 e. The van der Waals surface area contributed by atoms with Gasteiger partial charge in [-0.1, -0.05) is 19.3 Å². The van der Waals surface area contributed by atoms with E-state index in [2.05, 4.69) is 14.5 Å². The van der Waals surface area contributed by atoms with Crippen molar-refractivity contribution >= 4 is 5.97 Å². The largest absolute Gasteiger partial charge is 0.467 e. The van der Waals surface area contributed by atoms with Crippen molar-refractivity contribution in [1.29, 1.82) is 0 Å². The number of piperazine rings is 1. The summed E-state index contributed by atoms with van der Waals surface area (Å²) in [5.41, 5.74) is 0.150. The third-order valence-corrected chi connectivity index (χ3v) is 6.33. The van der Waals surface area contributed by atoms with Gasteiger partial charge in [-0.15, -0.1) is 0 Å². The number of rotatable bonds is 14. The van der Waals surface area contributed by atoms with Crippen molar-refractivity contribution in [3.05, 3.63) is 0 Å². The quantitative estimate of drug-likeness (QED) is 0.319. The molecule has 0 aromatic rings. The van der Waals surface area contributed by atoms with E-state index in [0.717, 1.165) is 52.2 Å². The monoisotopic (exact) mass is 414 g/mol. The first-order valence-electron chi connectivity index (χ1n) is 11.4. The van der Waals surface area contributed by atoms with E-state index in [1.807, 2.05) is 7.11 Å². The van der Waals surface area contributed by atoms with E-state index >= 15 is 0 Å². The molecule has 0 aromatic heterocycles. The van der Waals surface area contributed by atoms with Gasteiger partial charge in [0.2, 0.25) is 0 Å². The number of carbonyl (C=O) groups excluding carboxylic acids is 1. The molecule has 2 rings (SSSR count). The molecule has 0 atom stereocenters. The maximum Gasteiger partial charge on any atom is 0.331 e. The van der Waals surface area contributed by atoms with Crippen LogP contribution in [0.1, 0.15) is 51.4 Å². The van der Waals surface area contributed by atoms with Crippen LogP contribution in [0.5, 0.6) is 0 Å². The normalized spacial score (nSPS) is 20.6. The van der Waals surface area contributed by atoms with Gasteiger partial charge in [-0.2, -0.15) is 0 Å². The number of methoxy groups -OCH3 is 2. The molecule has 0 N–H and O–H groups in total. The van der Waals surface area contributed by atoms with Gasteiger partial charge < -0.3 is 28.7 Å². The molecule has 2 fully saturated rings. The minimum atomic E-state index is -0.335. The van der Waals surface area contributed by atoms with Crippen molar-refractivity contribution in [2.75, 3.05) is 79.9 Å². The highest BCUT2D eigenvalue weighted by Crippen LogP contribution is 2.34. The maximum atomic E-state index is 10.9. The predicted molar refractivity (Wildman–Crippen MR) is 113 cm³/mol. The third-order valence-electron chi connectivity index (χ3n) is 6.33. The highest BCUT2D eigenvalue weighted by molar-refractivity contribution is 5.70. The van der Waals surface area contributed by atoms with Crippen molar-refractivity contribution in [2.45, 2.75) is 57.0 Å². The van der Waals surface area contributed by atoms with Crippen LogP contribution in [0, 0.1) is 0 Å². The first-order valence-corrected chi connectivity index (χ1v) is 11.4. The van der Waals surface area contributed by atoms with Crippen molar-refractivity contribution in [1.82, 2.24) is 9.80 Å². The summed E-state index contributed by atoms with van der Waals surface area (Å²) in [7, 11) is 3.27. The Labute approximate surface area is 177 Å². The molecule has 1 heterocycles. The molecular weight excluding hydrogens is 372 g/mol. The Kier molecular flexibility index (Phi) is 12.1. The zero-order valence-electron chi connectivity index (χ0n) is 18.7. The van der Waals surface area contributed by atoms with Crippen molar-refractivity contribution in [3.63, 3.8) is 0 Å². The van der Waals surface area contributed by atoms with Gasteiger partial charge in [-0.25, -0.2) is 4.79 Å². The second kappa shape index (κ2) is 14.3. The lowest BCUT2D eigenvalue weighted by atomic mass is 9.82. The van der Waals surface area contributed by atoms with Gasteiger partial charge >= 0.3 is 5.97 Å². The van der Waals surface area contributed by atoms with E-state index in [0.29, 0.717) is 13.2 Å². The molecule has 1 aliphatic carbocycles. The summed E-state index contributed by atoms with van der Waals surface area (Å²) in [6.45, 7) is 8.93. The Morgan fingerprint density at radius 2 is 1.45 bits per heavy atom. The minimum absolute atomic E-state index is 0.0227. The SMILES string of the molecule is COC(=O)COCCCOCCCN1CCN(CCC2(OC)CCCCC2)CC1. The second-order valence-electron chi connectivity index (χ2n) is 8.33. The average Bonchev–Trinajstić information content (AvgIpc) is 2.77. The number of carbonyl (C=O) groups is 1. The van der Waals surface area contributed by atoms with Gasteiger partial charge in [0.15, 0.2) is 0 Å². The summed E-state index contributed by atoms with van der Waals surface area (Å²) in [6.07, 6.45) is 9.54. The summed E-state index contributed by atoms with van der Waals surface area (Å²) in [6, 6.07) is 0. The van der Waals surface area contributed by atoms with Gasteiger partial charge in [0.25, 0.3) is 0 Å². The Balaban J connectivity index is 1.43. The van der Waals surface area contributed by atoms with E-state index in [1.165, 1.54) is 52.2 Å².